The monoisotopic (exact) mass is 300 g/mol. The zero-order chi connectivity index (χ0) is 15.1. The molecule has 0 saturated heterocycles. The van der Waals surface area contributed by atoms with Gasteiger partial charge in [0.1, 0.15) is 0 Å². The van der Waals surface area contributed by atoms with Crippen molar-refractivity contribution in [1.82, 2.24) is 25.4 Å². The maximum Gasteiger partial charge on any atom is 0.230 e. The van der Waals surface area contributed by atoms with Crippen LogP contribution in [0, 0.1) is 0 Å². The third-order valence-corrected chi connectivity index (χ3v) is 3.30. The standard InChI is InChI=1S/C11H20N6O2S/c1-7(2)17-10(12)15-16-11(17)20-6-9(19)14-5-4-13-8(3)18/h7H,4-6H2,1-3H3,(H2,12,15)(H,13,18)(H,14,19). The second-order valence-corrected chi connectivity index (χ2v) is 5.37. The second-order valence-electron chi connectivity index (χ2n) is 4.43. The van der Waals surface area contributed by atoms with E-state index in [4.69, 9.17) is 5.73 Å². The molecule has 1 aromatic rings. The molecule has 9 heteroatoms. The number of aromatic nitrogens is 3. The summed E-state index contributed by atoms with van der Waals surface area (Å²) < 4.78 is 1.77. The Hall–Kier alpha value is -1.77. The Morgan fingerprint density at radius 1 is 1.30 bits per heavy atom. The third kappa shape index (κ3) is 5.08. The molecule has 0 unspecified atom stereocenters. The number of nitrogen functional groups attached to an aromatic ring is 1. The van der Waals surface area contributed by atoms with Gasteiger partial charge in [0.2, 0.25) is 17.8 Å². The smallest absolute Gasteiger partial charge is 0.230 e. The molecule has 0 radical (unpaired) electrons. The van der Waals surface area contributed by atoms with Crippen LogP contribution in [0.4, 0.5) is 5.95 Å². The topological polar surface area (TPSA) is 115 Å². The first-order chi connectivity index (χ1) is 9.41. The fourth-order valence-corrected chi connectivity index (χ4v) is 2.40. The van der Waals surface area contributed by atoms with E-state index in [-0.39, 0.29) is 23.6 Å². The van der Waals surface area contributed by atoms with Gasteiger partial charge in [-0.25, -0.2) is 0 Å². The molecule has 8 nitrogen and oxygen atoms in total. The number of nitrogens with zero attached hydrogens (tertiary/aromatic N) is 3. The van der Waals surface area contributed by atoms with Gasteiger partial charge >= 0.3 is 0 Å². The molecule has 0 aliphatic heterocycles. The van der Waals surface area contributed by atoms with Crippen molar-refractivity contribution in [1.29, 1.82) is 0 Å². The quantitative estimate of drug-likeness (QED) is 0.474. The highest BCUT2D eigenvalue weighted by Crippen LogP contribution is 2.22. The highest BCUT2D eigenvalue weighted by Gasteiger charge is 2.14. The molecule has 0 spiro atoms. The first-order valence-electron chi connectivity index (χ1n) is 6.26. The van der Waals surface area contributed by atoms with E-state index < -0.39 is 0 Å². The van der Waals surface area contributed by atoms with Gasteiger partial charge in [0.25, 0.3) is 0 Å². The van der Waals surface area contributed by atoms with Crippen LogP contribution >= 0.6 is 11.8 Å². The molecule has 0 bridgehead atoms. The minimum absolute atomic E-state index is 0.117. The molecule has 1 heterocycles. The number of hydrogen-bond donors (Lipinski definition) is 3. The van der Waals surface area contributed by atoms with Crippen LogP contribution in [0.1, 0.15) is 26.8 Å². The third-order valence-electron chi connectivity index (χ3n) is 2.36. The summed E-state index contributed by atoms with van der Waals surface area (Å²) in [5.41, 5.74) is 5.71. The number of nitrogens with two attached hydrogens (primary N) is 1. The highest BCUT2D eigenvalue weighted by molar-refractivity contribution is 7.99. The molecule has 0 aromatic carbocycles. The van der Waals surface area contributed by atoms with Gasteiger partial charge in [-0.3, -0.25) is 14.2 Å². The Balaban J connectivity index is 2.36. The number of anilines is 1. The van der Waals surface area contributed by atoms with Crippen LogP contribution in [-0.2, 0) is 9.59 Å². The molecule has 2 amide bonds. The van der Waals surface area contributed by atoms with E-state index >= 15 is 0 Å². The fraction of sp³-hybridized carbons (Fsp3) is 0.636. The molecule has 20 heavy (non-hydrogen) atoms. The van der Waals surface area contributed by atoms with Gasteiger partial charge in [-0.2, -0.15) is 0 Å². The minimum Gasteiger partial charge on any atom is -0.368 e. The average molecular weight is 300 g/mol. The lowest BCUT2D eigenvalue weighted by molar-refractivity contribution is -0.120. The van der Waals surface area contributed by atoms with Crippen LogP contribution in [0.15, 0.2) is 5.16 Å². The summed E-state index contributed by atoms with van der Waals surface area (Å²) in [4.78, 5) is 22.3. The number of amides is 2. The predicted molar refractivity (Wildman–Crippen MR) is 77.2 cm³/mol. The van der Waals surface area contributed by atoms with E-state index in [9.17, 15) is 9.59 Å². The van der Waals surface area contributed by atoms with Crippen LogP contribution in [0.25, 0.3) is 0 Å². The number of carbonyl (C=O) groups excluding carboxylic acids is 2. The fourth-order valence-electron chi connectivity index (χ4n) is 1.49. The molecule has 0 fully saturated rings. The summed E-state index contributed by atoms with van der Waals surface area (Å²) in [5.74, 6) is 0.324. The second kappa shape index (κ2) is 7.73. The minimum atomic E-state index is -0.128. The van der Waals surface area contributed by atoms with E-state index in [0.29, 0.717) is 24.2 Å². The van der Waals surface area contributed by atoms with Gasteiger partial charge in [0.05, 0.1) is 5.75 Å². The first-order valence-corrected chi connectivity index (χ1v) is 7.24. The SMILES string of the molecule is CC(=O)NCCNC(=O)CSc1nnc(N)n1C(C)C. The lowest BCUT2D eigenvalue weighted by atomic mass is 10.4. The van der Waals surface area contributed by atoms with Crippen LogP contribution in [-0.4, -0.2) is 45.4 Å². The number of carbonyl (C=O) groups is 2. The average Bonchev–Trinajstić information content (AvgIpc) is 2.73. The van der Waals surface area contributed by atoms with Gasteiger partial charge in [0.15, 0.2) is 5.16 Å². The van der Waals surface area contributed by atoms with Crippen molar-refractivity contribution in [3.63, 3.8) is 0 Å². The Morgan fingerprint density at radius 2 is 1.95 bits per heavy atom. The Labute approximate surface area is 121 Å². The van der Waals surface area contributed by atoms with Crippen molar-refractivity contribution < 1.29 is 9.59 Å². The summed E-state index contributed by atoms with van der Waals surface area (Å²) in [6, 6.07) is 0.135. The van der Waals surface area contributed by atoms with Crippen molar-refractivity contribution >= 4 is 29.5 Å². The lowest BCUT2D eigenvalue weighted by Gasteiger charge is -2.11. The highest BCUT2D eigenvalue weighted by atomic mass is 32.2. The van der Waals surface area contributed by atoms with Crippen LogP contribution in [0.3, 0.4) is 0 Å². The number of thioether (sulfide) groups is 1. The van der Waals surface area contributed by atoms with Gasteiger partial charge in [-0.05, 0) is 13.8 Å². The molecule has 1 rings (SSSR count). The van der Waals surface area contributed by atoms with Crippen molar-refractivity contribution in [2.75, 3.05) is 24.6 Å². The van der Waals surface area contributed by atoms with Gasteiger partial charge < -0.3 is 16.4 Å². The summed E-state index contributed by atoms with van der Waals surface area (Å²) in [6.07, 6.45) is 0. The van der Waals surface area contributed by atoms with Gasteiger partial charge in [0, 0.05) is 26.1 Å². The zero-order valence-corrected chi connectivity index (χ0v) is 12.7. The van der Waals surface area contributed by atoms with E-state index in [2.05, 4.69) is 20.8 Å². The molecule has 0 saturated carbocycles. The lowest BCUT2D eigenvalue weighted by Crippen LogP contribution is -2.34. The normalized spacial score (nSPS) is 10.6. The molecular weight excluding hydrogens is 280 g/mol. The van der Waals surface area contributed by atoms with Gasteiger partial charge in [-0.1, -0.05) is 11.8 Å². The van der Waals surface area contributed by atoms with Crippen molar-refractivity contribution in [2.45, 2.75) is 32.0 Å². The van der Waals surface area contributed by atoms with E-state index in [1.54, 1.807) is 4.57 Å². The van der Waals surface area contributed by atoms with E-state index in [1.165, 1.54) is 18.7 Å². The number of rotatable bonds is 7. The summed E-state index contributed by atoms with van der Waals surface area (Å²) in [6.45, 7) is 6.19. The largest absolute Gasteiger partial charge is 0.368 e. The van der Waals surface area contributed by atoms with Crippen LogP contribution < -0.4 is 16.4 Å². The maximum absolute atomic E-state index is 11.6. The molecular formula is C11H20N6O2S. The Bertz CT molecular complexity index is 473. The summed E-state index contributed by atoms with van der Waals surface area (Å²) >= 11 is 1.28. The molecule has 112 valence electrons. The van der Waals surface area contributed by atoms with E-state index in [0.717, 1.165) is 0 Å². The number of nitrogens with one attached hydrogen (secondary N) is 2. The Morgan fingerprint density at radius 3 is 2.55 bits per heavy atom. The van der Waals surface area contributed by atoms with Crippen molar-refractivity contribution in [3.05, 3.63) is 0 Å². The molecule has 0 atom stereocenters. The summed E-state index contributed by atoms with van der Waals surface area (Å²) in [5, 5.41) is 13.7. The number of hydrogen-bond acceptors (Lipinski definition) is 6. The van der Waals surface area contributed by atoms with Crippen LogP contribution in [0.5, 0.6) is 0 Å². The maximum atomic E-state index is 11.6. The van der Waals surface area contributed by atoms with E-state index in [1.807, 2.05) is 13.8 Å². The van der Waals surface area contributed by atoms with Crippen LogP contribution in [0.2, 0.25) is 0 Å². The van der Waals surface area contributed by atoms with Crippen molar-refractivity contribution in [3.8, 4) is 0 Å². The molecule has 4 N–H and O–H groups in total. The molecule has 1 aromatic heterocycles. The Kier molecular flexibility index (Phi) is 6.29. The zero-order valence-electron chi connectivity index (χ0n) is 11.8. The first kappa shape index (κ1) is 16.3. The molecule has 0 aliphatic carbocycles. The van der Waals surface area contributed by atoms with Crippen molar-refractivity contribution in [2.24, 2.45) is 0 Å². The summed E-state index contributed by atoms with van der Waals surface area (Å²) in [7, 11) is 0. The van der Waals surface area contributed by atoms with Gasteiger partial charge in [-0.15, -0.1) is 10.2 Å². The predicted octanol–water partition coefficient (Wildman–Crippen LogP) is -0.214. The molecule has 0 aliphatic rings.